The van der Waals surface area contributed by atoms with Crippen molar-refractivity contribution >= 4 is 32.8 Å². The number of nitrogen functional groups attached to an aromatic ring is 1. The Bertz CT molecular complexity index is 659. The lowest BCUT2D eigenvalue weighted by atomic mass is 10.3. The van der Waals surface area contributed by atoms with Gasteiger partial charge in [0, 0.05) is 4.47 Å². The van der Waals surface area contributed by atoms with Crippen LogP contribution in [0.15, 0.2) is 27.3 Å². The van der Waals surface area contributed by atoms with E-state index in [1.165, 1.54) is 0 Å². The van der Waals surface area contributed by atoms with Crippen molar-refractivity contribution < 1.29 is 4.63 Å². The van der Waals surface area contributed by atoms with Crippen molar-refractivity contribution in [1.82, 2.24) is 20.3 Å². The Labute approximate surface area is 97.9 Å². The number of anilines is 1. The smallest absolute Gasteiger partial charge is 0.199 e. The predicted molar refractivity (Wildman–Crippen MR) is 61.5 cm³/mol. The second-order valence-electron chi connectivity index (χ2n) is 3.24. The monoisotopic (exact) mass is 279 g/mol. The van der Waals surface area contributed by atoms with Crippen molar-refractivity contribution in [2.45, 2.75) is 0 Å². The molecule has 0 aliphatic rings. The van der Waals surface area contributed by atoms with Gasteiger partial charge in [0.1, 0.15) is 0 Å². The molecule has 0 amide bonds. The van der Waals surface area contributed by atoms with E-state index < -0.39 is 0 Å². The molecule has 0 unspecified atom stereocenters. The van der Waals surface area contributed by atoms with Crippen LogP contribution in [-0.2, 0) is 0 Å². The maximum absolute atomic E-state index is 5.59. The van der Waals surface area contributed by atoms with Gasteiger partial charge < -0.3 is 10.7 Å². The molecule has 7 heteroatoms. The zero-order valence-electron chi connectivity index (χ0n) is 7.94. The van der Waals surface area contributed by atoms with E-state index in [1.54, 1.807) is 0 Å². The molecule has 0 atom stereocenters. The summed E-state index contributed by atoms with van der Waals surface area (Å²) in [5, 5.41) is 7.19. The average molecular weight is 280 g/mol. The summed E-state index contributed by atoms with van der Waals surface area (Å²) in [7, 11) is 0. The highest BCUT2D eigenvalue weighted by atomic mass is 79.9. The second kappa shape index (κ2) is 3.31. The van der Waals surface area contributed by atoms with Crippen molar-refractivity contribution in [3.8, 4) is 11.5 Å². The molecule has 6 nitrogen and oxygen atoms in total. The fourth-order valence-corrected chi connectivity index (χ4v) is 1.81. The lowest BCUT2D eigenvalue weighted by Crippen LogP contribution is -1.89. The molecule has 2 aromatic heterocycles. The zero-order chi connectivity index (χ0) is 11.1. The highest BCUT2D eigenvalue weighted by Crippen LogP contribution is 2.24. The number of fused-ring (bicyclic) bond motifs is 1. The van der Waals surface area contributed by atoms with E-state index in [2.05, 4.69) is 40.8 Å². The van der Waals surface area contributed by atoms with Gasteiger partial charge in [-0.15, -0.1) is 0 Å². The first-order valence-corrected chi connectivity index (χ1v) is 5.27. The molecule has 0 aliphatic heterocycles. The third-order valence-corrected chi connectivity index (χ3v) is 2.68. The van der Waals surface area contributed by atoms with Crippen LogP contribution in [0.1, 0.15) is 0 Å². The number of nitrogens with one attached hydrogen (secondary N) is 1. The lowest BCUT2D eigenvalue weighted by molar-refractivity contribution is 0.310. The molecule has 3 rings (SSSR count). The first-order chi connectivity index (χ1) is 7.74. The van der Waals surface area contributed by atoms with E-state index in [1.807, 2.05) is 18.2 Å². The molecule has 0 saturated carbocycles. The van der Waals surface area contributed by atoms with Gasteiger partial charge in [-0.3, -0.25) is 0 Å². The fraction of sp³-hybridized carbons (Fsp3) is 0. The number of aromatic nitrogens is 4. The molecule has 1 aromatic carbocycles. The fourth-order valence-electron chi connectivity index (χ4n) is 1.45. The summed E-state index contributed by atoms with van der Waals surface area (Å²) in [6, 6.07) is 5.73. The van der Waals surface area contributed by atoms with Gasteiger partial charge in [-0.25, -0.2) is 9.61 Å². The maximum Gasteiger partial charge on any atom is 0.199 e. The van der Waals surface area contributed by atoms with Crippen molar-refractivity contribution in [3.63, 3.8) is 0 Å². The first kappa shape index (κ1) is 9.34. The molecule has 0 fully saturated rings. The summed E-state index contributed by atoms with van der Waals surface area (Å²) >= 11 is 3.39. The van der Waals surface area contributed by atoms with Gasteiger partial charge >= 0.3 is 0 Å². The van der Waals surface area contributed by atoms with E-state index in [0.29, 0.717) is 11.5 Å². The number of hydrogen-bond donors (Lipinski definition) is 2. The average Bonchev–Trinajstić information content (AvgIpc) is 2.82. The number of halogens is 1. The van der Waals surface area contributed by atoms with Crippen LogP contribution in [0.5, 0.6) is 0 Å². The van der Waals surface area contributed by atoms with Gasteiger partial charge in [0.05, 0.1) is 11.0 Å². The van der Waals surface area contributed by atoms with E-state index in [9.17, 15) is 0 Å². The van der Waals surface area contributed by atoms with Crippen molar-refractivity contribution in [2.75, 3.05) is 5.73 Å². The van der Waals surface area contributed by atoms with Gasteiger partial charge in [0.15, 0.2) is 17.3 Å². The van der Waals surface area contributed by atoms with Crippen molar-refractivity contribution in [3.05, 3.63) is 22.7 Å². The minimum absolute atomic E-state index is 0.220. The molecule has 2 heterocycles. The third-order valence-electron chi connectivity index (χ3n) is 2.18. The summed E-state index contributed by atoms with van der Waals surface area (Å²) in [5.41, 5.74) is 7.74. The number of hydrogen-bond acceptors (Lipinski definition) is 5. The molecule has 0 radical (unpaired) electrons. The van der Waals surface area contributed by atoms with Gasteiger partial charge in [0.2, 0.25) is 0 Å². The first-order valence-electron chi connectivity index (χ1n) is 4.48. The molecule has 80 valence electrons. The Hall–Kier alpha value is -1.89. The number of aromatic amines is 1. The quantitative estimate of drug-likeness (QED) is 0.710. The van der Waals surface area contributed by atoms with E-state index in [4.69, 9.17) is 5.73 Å². The van der Waals surface area contributed by atoms with Crippen LogP contribution in [0, 0.1) is 0 Å². The molecular formula is C9H6BrN5O. The minimum atomic E-state index is 0.220. The molecule has 0 spiro atoms. The minimum Gasteiger partial charge on any atom is -0.379 e. The van der Waals surface area contributed by atoms with E-state index >= 15 is 0 Å². The summed E-state index contributed by atoms with van der Waals surface area (Å²) in [4.78, 5) is 7.43. The van der Waals surface area contributed by atoms with Crippen molar-refractivity contribution in [2.24, 2.45) is 0 Å². The summed E-state index contributed by atoms with van der Waals surface area (Å²) in [6.45, 7) is 0. The normalized spacial score (nSPS) is 11.1. The molecule has 0 aliphatic carbocycles. The van der Waals surface area contributed by atoms with E-state index in [-0.39, 0.29) is 5.82 Å². The van der Waals surface area contributed by atoms with Gasteiger partial charge in [-0.05, 0) is 28.5 Å². The maximum atomic E-state index is 5.59. The van der Waals surface area contributed by atoms with Crippen molar-refractivity contribution in [1.29, 1.82) is 0 Å². The number of benzene rings is 1. The standard InChI is InChI=1S/C9H6BrN5O/c10-4-1-2-5-6(3-4)13-9(12-5)7-8(11)15-16-14-7/h1-3H,(H2,11,15)(H,12,13). The Morgan fingerprint density at radius 3 is 2.94 bits per heavy atom. The number of imidazole rings is 1. The Morgan fingerprint density at radius 1 is 1.31 bits per heavy atom. The van der Waals surface area contributed by atoms with Gasteiger partial charge in [0.25, 0.3) is 0 Å². The largest absolute Gasteiger partial charge is 0.379 e. The topological polar surface area (TPSA) is 93.6 Å². The van der Waals surface area contributed by atoms with Gasteiger partial charge in [-0.2, -0.15) is 0 Å². The number of nitrogens with zero attached hydrogens (tertiary/aromatic N) is 3. The van der Waals surface area contributed by atoms with Crippen LogP contribution in [0.25, 0.3) is 22.6 Å². The second-order valence-corrected chi connectivity index (χ2v) is 4.16. The molecule has 3 N–H and O–H groups in total. The predicted octanol–water partition coefficient (Wildman–Crippen LogP) is 1.96. The summed E-state index contributed by atoms with van der Waals surface area (Å²) in [5.74, 6) is 0.768. The molecule has 3 aromatic rings. The van der Waals surface area contributed by atoms with Crippen LogP contribution >= 0.6 is 15.9 Å². The van der Waals surface area contributed by atoms with Crippen LogP contribution in [0.2, 0.25) is 0 Å². The Morgan fingerprint density at radius 2 is 2.19 bits per heavy atom. The Balaban J connectivity index is 2.23. The summed E-state index contributed by atoms with van der Waals surface area (Å²) < 4.78 is 5.50. The van der Waals surface area contributed by atoms with Crippen LogP contribution < -0.4 is 5.73 Å². The molecule has 16 heavy (non-hydrogen) atoms. The van der Waals surface area contributed by atoms with E-state index in [0.717, 1.165) is 15.5 Å². The highest BCUT2D eigenvalue weighted by Gasteiger charge is 2.13. The third kappa shape index (κ3) is 1.36. The Kier molecular flexibility index (Phi) is 1.93. The van der Waals surface area contributed by atoms with Crippen LogP contribution in [0.4, 0.5) is 5.82 Å². The SMILES string of the molecule is Nc1nonc1-c1nc2ccc(Br)cc2[nH]1. The number of rotatable bonds is 1. The van der Waals surface area contributed by atoms with Gasteiger partial charge in [-0.1, -0.05) is 15.9 Å². The molecule has 0 saturated heterocycles. The zero-order valence-corrected chi connectivity index (χ0v) is 9.52. The number of nitrogens with two attached hydrogens (primary N) is 1. The molecule has 0 bridgehead atoms. The number of H-pyrrole nitrogens is 1. The molecular weight excluding hydrogens is 274 g/mol. The van der Waals surface area contributed by atoms with Crippen LogP contribution in [0.3, 0.4) is 0 Å². The lowest BCUT2D eigenvalue weighted by Gasteiger charge is -1.88. The highest BCUT2D eigenvalue weighted by molar-refractivity contribution is 9.10. The summed E-state index contributed by atoms with van der Waals surface area (Å²) in [6.07, 6.45) is 0. The van der Waals surface area contributed by atoms with Crippen LogP contribution in [-0.4, -0.2) is 20.3 Å².